The predicted molar refractivity (Wildman–Crippen MR) is 147 cm³/mol. The van der Waals surface area contributed by atoms with E-state index in [9.17, 15) is 18.0 Å². The molecule has 37 heavy (non-hydrogen) atoms. The van der Waals surface area contributed by atoms with Crippen molar-refractivity contribution in [3.05, 3.63) is 94.0 Å². The van der Waals surface area contributed by atoms with Crippen LogP contribution in [0.1, 0.15) is 25.0 Å². The van der Waals surface area contributed by atoms with Gasteiger partial charge >= 0.3 is 0 Å². The topological polar surface area (TPSA) is 86.8 Å². The number of rotatable bonds is 10. The summed E-state index contributed by atoms with van der Waals surface area (Å²) in [6.45, 7) is 5.10. The summed E-state index contributed by atoms with van der Waals surface area (Å²) in [4.78, 5) is 27.9. The number of carbonyl (C=O) groups is 2. The number of carbonyl (C=O) groups excluding carboxylic acids is 2. The molecule has 1 N–H and O–H groups in total. The van der Waals surface area contributed by atoms with E-state index in [0.717, 1.165) is 9.87 Å². The van der Waals surface area contributed by atoms with Crippen LogP contribution in [0, 0.1) is 6.92 Å². The number of benzene rings is 3. The van der Waals surface area contributed by atoms with Crippen LogP contribution < -0.4 is 9.62 Å². The summed E-state index contributed by atoms with van der Waals surface area (Å²) in [6.07, 6.45) is 0. The number of likely N-dealkylation sites (N-methyl/N-ethyl adjacent to an activating group) is 1. The minimum atomic E-state index is -4.13. The van der Waals surface area contributed by atoms with Gasteiger partial charge in [-0.1, -0.05) is 59.1 Å². The monoisotopic (exact) mass is 561 g/mol. The molecule has 196 valence electrons. The Balaban J connectivity index is 2.03. The Morgan fingerprint density at radius 1 is 0.946 bits per heavy atom. The molecule has 0 radical (unpaired) electrons. The normalized spacial score (nSPS) is 12.0. The minimum absolute atomic E-state index is 0.0237. The van der Waals surface area contributed by atoms with Gasteiger partial charge in [-0.2, -0.15) is 0 Å². The van der Waals surface area contributed by atoms with E-state index < -0.39 is 28.5 Å². The van der Waals surface area contributed by atoms with Gasteiger partial charge < -0.3 is 10.2 Å². The molecular weight excluding hydrogens is 533 g/mol. The van der Waals surface area contributed by atoms with Crippen molar-refractivity contribution < 1.29 is 18.0 Å². The van der Waals surface area contributed by atoms with Crippen LogP contribution in [0.5, 0.6) is 0 Å². The Kier molecular flexibility index (Phi) is 9.59. The number of halogens is 2. The lowest BCUT2D eigenvalue weighted by atomic mass is 10.1. The molecule has 3 rings (SSSR count). The number of hydrogen-bond donors (Lipinski definition) is 1. The molecular formula is C27H29Cl2N3O4S. The molecule has 2 amide bonds. The van der Waals surface area contributed by atoms with Crippen LogP contribution >= 0.6 is 23.2 Å². The fourth-order valence-corrected chi connectivity index (χ4v) is 5.42. The molecule has 0 aromatic heterocycles. The van der Waals surface area contributed by atoms with E-state index in [4.69, 9.17) is 23.2 Å². The smallest absolute Gasteiger partial charge is 0.264 e. The minimum Gasteiger partial charge on any atom is -0.355 e. The second kappa shape index (κ2) is 12.4. The molecule has 0 spiro atoms. The molecule has 1 unspecified atom stereocenters. The summed E-state index contributed by atoms with van der Waals surface area (Å²) in [7, 11) is -4.13. The molecule has 1 atom stereocenters. The molecule has 0 heterocycles. The molecule has 7 nitrogen and oxygen atoms in total. The van der Waals surface area contributed by atoms with Crippen molar-refractivity contribution in [2.75, 3.05) is 17.4 Å². The van der Waals surface area contributed by atoms with Crippen LogP contribution in [0.25, 0.3) is 0 Å². The van der Waals surface area contributed by atoms with Crippen molar-refractivity contribution >= 4 is 50.7 Å². The van der Waals surface area contributed by atoms with Crippen LogP contribution in [0.3, 0.4) is 0 Å². The number of hydrogen-bond acceptors (Lipinski definition) is 4. The van der Waals surface area contributed by atoms with Gasteiger partial charge in [0.1, 0.15) is 12.6 Å². The molecule has 0 bridgehead atoms. The summed E-state index contributed by atoms with van der Waals surface area (Å²) in [5.41, 5.74) is 1.80. The number of sulfonamides is 1. The maximum absolute atomic E-state index is 13.8. The molecule has 0 aliphatic carbocycles. The fraction of sp³-hybridized carbons (Fsp3) is 0.259. The highest BCUT2D eigenvalue weighted by molar-refractivity contribution is 7.92. The van der Waals surface area contributed by atoms with Crippen molar-refractivity contribution in [1.29, 1.82) is 0 Å². The van der Waals surface area contributed by atoms with Gasteiger partial charge in [0.25, 0.3) is 10.0 Å². The molecule has 0 aliphatic rings. The van der Waals surface area contributed by atoms with Gasteiger partial charge in [-0.3, -0.25) is 13.9 Å². The van der Waals surface area contributed by atoms with Crippen LogP contribution in [-0.4, -0.2) is 44.3 Å². The van der Waals surface area contributed by atoms with Crippen LogP contribution in [0.4, 0.5) is 5.69 Å². The Bertz CT molecular complexity index is 1350. The lowest BCUT2D eigenvalue weighted by Crippen LogP contribution is -2.51. The molecule has 3 aromatic carbocycles. The lowest BCUT2D eigenvalue weighted by Gasteiger charge is -2.32. The average Bonchev–Trinajstić information content (AvgIpc) is 2.87. The second-order valence-electron chi connectivity index (χ2n) is 8.48. The predicted octanol–water partition coefficient (Wildman–Crippen LogP) is 5.05. The summed E-state index contributed by atoms with van der Waals surface area (Å²) < 4.78 is 28.5. The quantitative estimate of drug-likeness (QED) is 0.375. The highest BCUT2D eigenvalue weighted by atomic mass is 35.5. The molecule has 0 saturated heterocycles. The van der Waals surface area contributed by atoms with E-state index in [1.807, 2.05) is 6.92 Å². The molecule has 3 aromatic rings. The summed E-state index contributed by atoms with van der Waals surface area (Å²) >= 11 is 12.4. The van der Waals surface area contributed by atoms with E-state index in [1.165, 1.54) is 29.2 Å². The average molecular weight is 563 g/mol. The summed E-state index contributed by atoms with van der Waals surface area (Å²) in [5.74, 6) is -0.924. The maximum atomic E-state index is 13.8. The highest BCUT2D eigenvalue weighted by Crippen LogP contribution is 2.26. The van der Waals surface area contributed by atoms with Gasteiger partial charge in [-0.15, -0.1) is 0 Å². The maximum Gasteiger partial charge on any atom is 0.264 e. The first kappa shape index (κ1) is 28.5. The Hall–Kier alpha value is -3.07. The summed E-state index contributed by atoms with van der Waals surface area (Å²) in [5, 5.41) is 3.58. The number of anilines is 1. The van der Waals surface area contributed by atoms with Crippen molar-refractivity contribution in [2.24, 2.45) is 0 Å². The van der Waals surface area contributed by atoms with Gasteiger partial charge in [0, 0.05) is 23.1 Å². The molecule has 0 fully saturated rings. The van der Waals surface area contributed by atoms with Crippen molar-refractivity contribution in [3.8, 4) is 0 Å². The van der Waals surface area contributed by atoms with Crippen LogP contribution in [-0.2, 0) is 26.2 Å². The van der Waals surface area contributed by atoms with Gasteiger partial charge in [0.05, 0.1) is 10.6 Å². The van der Waals surface area contributed by atoms with Gasteiger partial charge in [-0.25, -0.2) is 8.42 Å². The first-order valence-electron chi connectivity index (χ1n) is 11.7. The second-order valence-corrected chi connectivity index (χ2v) is 11.2. The van der Waals surface area contributed by atoms with Gasteiger partial charge in [0.2, 0.25) is 11.8 Å². The van der Waals surface area contributed by atoms with Crippen molar-refractivity contribution in [1.82, 2.24) is 10.2 Å². The van der Waals surface area contributed by atoms with E-state index >= 15 is 0 Å². The first-order chi connectivity index (χ1) is 17.5. The first-order valence-corrected chi connectivity index (χ1v) is 13.9. The zero-order chi connectivity index (χ0) is 27.2. The van der Waals surface area contributed by atoms with E-state index in [2.05, 4.69) is 5.32 Å². The molecule has 0 aliphatic heterocycles. The lowest BCUT2D eigenvalue weighted by molar-refractivity contribution is -0.139. The van der Waals surface area contributed by atoms with Crippen LogP contribution in [0.2, 0.25) is 10.0 Å². The molecule has 10 heteroatoms. The number of aryl methyl sites for hydroxylation is 1. The van der Waals surface area contributed by atoms with E-state index in [0.29, 0.717) is 22.2 Å². The third kappa shape index (κ3) is 7.03. The zero-order valence-electron chi connectivity index (χ0n) is 20.8. The van der Waals surface area contributed by atoms with E-state index in [-0.39, 0.29) is 23.0 Å². The molecule has 0 saturated carbocycles. The Morgan fingerprint density at radius 3 is 2.16 bits per heavy atom. The Labute approximate surface area is 228 Å². The number of nitrogens with zero attached hydrogens (tertiary/aromatic N) is 2. The summed E-state index contributed by atoms with van der Waals surface area (Å²) in [6, 6.07) is 18.7. The van der Waals surface area contributed by atoms with Crippen LogP contribution in [0.15, 0.2) is 77.7 Å². The Morgan fingerprint density at radius 2 is 1.57 bits per heavy atom. The fourth-order valence-electron chi connectivity index (χ4n) is 3.69. The highest BCUT2D eigenvalue weighted by Gasteiger charge is 2.32. The van der Waals surface area contributed by atoms with Gasteiger partial charge in [0.15, 0.2) is 0 Å². The standard InChI is InChI=1S/C27H29Cl2N3O4S/c1-4-30-27(34)20(3)31(17-21-7-5-6-8-25(21)29)26(33)18-32(23-13-11-22(28)12-14-23)37(35,36)24-15-9-19(2)10-16-24/h5-16,20H,4,17-18H2,1-3H3,(H,30,34). The number of amides is 2. The number of nitrogens with one attached hydrogen (secondary N) is 1. The zero-order valence-corrected chi connectivity index (χ0v) is 23.1. The van der Waals surface area contributed by atoms with Crippen molar-refractivity contribution in [2.45, 2.75) is 38.3 Å². The SMILES string of the molecule is CCNC(=O)C(C)N(Cc1ccccc1Cl)C(=O)CN(c1ccc(Cl)cc1)S(=O)(=O)c1ccc(C)cc1. The van der Waals surface area contributed by atoms with Gasteiger partial charge in [-0.05, 0) is 68.8 Å². The third-order valence-corrected chi connectivity index (χ3v) is 8.23. The van der Waals surface area contributed by atoms with Crippen molar-refractivity contribution in [3.63, 3.8) is 0 Å². The van der Waals surface area contributed by atoms with E-state index in [1.54, 1.807) is 62.4 Å². The largest absolute Gasteiger partial charge is 0.355 e. The third-order valence-electron chi connectivity index (χ3n) is 5.82.